The Morgan fingerprint density at radius 2 is 1.69 bits per heavy atom. The number of nitrogens with one attached hydrogen (secondary N) is 1. The molecule has 0 heterocycles. The van der Waals surface area contributed by atoms with Crippen LogP contribution >= 0.6 is 23.2 Å². The van der Waals surface area contributed by atoms with Gasteiger partial charge in [-0.25, -0.2) is 0 Å². The highest BCUT2D eigenvalue weighted by Gasteiger charge is 2.31. The lowest BCUT2D eigenvalue weighted by atomic mass is 10.0. The number of amides is 2. The maximum atomic E-state index is 13.7. The summed E-state index contributed by atoms with van der Waals surface area (Å²) in [5.74, 6) is 0.0832. The summed E-state index contributed by atoms with van der Waals surface area (Å²) in [7, 11) is 0. The van der Waals surface area contributed by atoms with Crippen LogP contribution in [0.1, 0.15) is 36.1 Å². The van der Waals surface area contributed by atoms with Crippen LogP contribution in [0.5, 0.6) is 5.75 Å². The molecule has 0 saturated heterocycles. The molecular weight excluding hydrogens is 495 g/mol. The summed E-state index contributed by atoms with van der Waals surface area (Å²) in [5, 5.41) is 3.90. The van der Waals surface area contributed by atoms with Gasteiger partial charge in [-0.15, -0.1) is 0 Å². The molecule has 0 unspecified atom stereocenters. The average Bonchev–Trinajstić information content (AvgIpc) is 2.83. The molecule has 0 aromatic heterocycles. The van der Waals surface area contributed by atoms with Crippen LogP contribution in [0.15, 0.2) is 66.7 Å². The molecule has 3 aromatic rings. The number of ether oxygens (including phenoxy) is 1. The molecular formula is C29H32Cl2N2O3. The van der Waals surface area contributed by atoms with Crippen molar-refractivity contribution >= 4 is 35.0 Å². The van der Waals surface area contributed by atoms with Gasteiger partial charge in [0.1, 0.15) is 11.8 Å². The van der Waals surface area contributed by atoms with Crippen LogP contribution in [-0.4, -0.2) is 35.4 Å². The molecule has 2 amide bonds. The van der Waals surface area contributed by atoms with E-state index in [1.807, 2.05) is 76.2 Å². The summed E-state index contributed by atoms with van der Waals surface area (Å²) in [6.07, 6.45) is 0.347. The Hall–Kier alpha value is -3.02. The Balaban J connectivity index is 1.95. The van der Waals surface area contributed by atoms with Gasteiger partial charge in [0.15, 0.2) is 6.61 Å². The van der Waals surface area contributed by atoms with Crippen molar-refractivity contribution < 1.29 is 14.3 Å². The first-order chi connectivity index (χ1) is 17.2. The Bertz CT molecular complexity index is 1200. The monoisotopic (exact) mass is 526 g/mol. The molecule has 5 nitrogen and oxygen atoms in total. The van der Waals surface area contributed by atoms with Crippen LogP contribution in [0.25, 0.3) is 0 Å². The van der Waals surface area contributed by atoms with Crippen molar-refractivity contribution in [2.24, 2.45) is 0 Å². The third kappa shape index (κ3) is 7.49. The third-order valence-corrected chi connectivity index (χ3v) is 6.55. The Morgan fingerprint density at radius 1 is 0.972 bits per heavy atom. The van der Waals surface area contributed by atoms with Gasteiger partial charge in [0.2, 0.25) is 5.91 Å². The predicted octanol–water partition coefficient (Wildman–Crippen LogP) is 6.15. The summed E-state index contributed by atoms with van der Waals surface area (Å²) >= 11 is 12.6. The van der Waals surface area contributed by atoms with Gasteiger partial charge in [0, 0.05) is 29.1 Å². The van der Waals surface area contributed by atoms with E-state index in [2.05, 4.69) is 5.32 Å². The van der Waals surface area contributed by atoms with Gasteiger partial charge < -0.3 is 15.0 Å². The lowest BCUT2D eigenvalue weighted by Gasteiger charge is -2.32. The second-order valence-corrected chi connectivity index (χ2v) is 9.96. The second-order valence-electron chi connectivity index (χ2n) is 9.11. The molecule has 0 aliphatic heterocycles. The van der Waals surface area contributed by atoms with E-state index in [0.29, 0.717) is 27.8 Å². The van der Waals surface area contributed by atoms with Crippen molar-refractivity contribution in [1.29, 1.82) is 0 Å². The first kappa shape index (κ1) is 27.6. The van der Waals surface area contributed by atoms with Gasteiger partial charge >= 0.3 is 0 Å². The molecule has 190 valence electrons. The quantitative estimate of drug-likeness (QED) is 0.344. The SMILES string of the molecule is Cc1cccc(OCC(=O)N(Cc2ccc(Cl)cc2Cl)[C@@H](Cc2ccccc2)C(=O)NC(C)C)c1C. The molecule has 0 aliphatic carbocycles. The minimum Gasteiger partial charge on any atom is -0.483 e. The minimum atomic E-state index is -0.767. The maximum absolute atomic E-state index is 13.7. The van der Waals surface area contributed by atoms with Crippen molar-refractivity contribution in [2.75, 3.05) is 6.61 Å². The number of carbonyl (C=O) groups is 2. The van der Waals surface area contributed by atoms with Crippen molar-refractivity contribution in [2.45, 2.75) is 52.7 Å². The number of nitrogens with zero attached hydrogens (tertiary/aromatic N) is 1. The smallest absolute Gasteiger partial charge is 0.261 e. The number of aryl methyl sites for hydroxylation is 1. The standard InChI is InChI=1S/C29H32Cl2N2O3/c1-19(2)32-29(35)26(15-22-10-6-5-7-11-22)33(17-23-13-14-24(30)16-25(23)31)28(34)18-36-27-12-8-9-20(3)21(27)4/h5-14,16,19,26H,15,17-18H2,1-4H3,(H,32,35)/t26-/m0/s1. The summed E-state index contributed by atoms with van der Waals surface area (Å²) < 4.78 is 5.93. The largest absolute Gasteiger partial charge is 0.483 e. The van der Waals surface area contributed by atoms with Gasteiger partial charge in [-0.2, -0.15) is 0 Å². The molecule has 3 aromatic carbocycles. The highest BCUT2D eigenvalue weighted by atomic mass is 35.5. The third-order valence-electron chi connectivity index (χ3n) is 5.96. The predicted molar refractivity (Wildman–Crippen MR) is 146 cm³/mol. The van der Waals surface area contributed by atoms with Crippen LogP contribution in [0.3, 0.4) is 0 Å². The van der Waals surface area contributed by atoms with Crippen LogP contribution in [0.2, 0.25) is 10.0 Å². The topological polar surface area (TPSA) is 58.6 Å². The summed E-state index contributed by atoms with van der Waals surface area (Å²) in [4.78, 5) is 28.6. The Morgan fingerprint density at radius 3 is 2.36 bits per heavy atom. The number of halogens is 2. The van der Waals surface area contributed by atoms with E-state index in [1.165, 1.54) is 0 Å². The molecule has 0 saturated carbocycles. The molecule has 1 N–H and O–H groups in total. The Labute approximate surface area is 223 Å². The molecule has 0 spiro atoms. The normalized spacial score (nSPS) is 11.8. The van der Waals surface area contributed by atoms with E-state index < -0.39 is 6.04 Å². The van der Waals surface area contributed by atoms with E-state index in [1.54, 1.807) is 23.1 Å². The highest BCUT2D eigenvalue weighted by molar-refractivity contribution is 6.35. The van der Waals surface area contributed by atoms with Crippen LogP contribution in [0, 0.1) is 13.8 Å². The van der Waals surface area contributed by atoms with Crippen molar-refractivity contribution in [3.8, 4) is 5.75 Å². The first-order valence-electron chi connectivity index (χ1n) is 11.9. The van der Waals surface area contributed by atoms with Gasteiger partial charge in [-0.3, -0.25) is 9.59 Å². The number of rotatable bonds is 10. The fourth-order valence-corrected chi connectivity index (χ4v) is 4.34. The van der Waals surface area contributed by atoms with E-state index >= 15 is 0 Å². The van der Waals surface area contributed by atoms with Crippen molar-refractivity contribution in [3.63, 3.8) is 0 Å². The minimum absolute atomic E-state index is 0.0851. The highest BCUT2D eigenvalue weighted by Crippen LogP contribution is 2.25. The summed E-state index contributed by atoms with van der Waals surface area (Å²) in [6, 6.07) is 19.6. The molecule has 0 radical (unpaired) electrons. The first-order valence-corrected chi connectivity index (χ1v) is 12.7. The van der Waals surface area contributed by atoms with Gasteiger partial charge in [0.05, 0.1) is 0 Å². The zero-order valence-electron chi connectivity index (χ0n) is 21.1. The fraction of sp³-hybridized carbons (Fsp3) is 0.310. The number of hydrogen-bond acceptors (Lipinski definition) is 3. The van der Waals surface area contributed by atoms with E-state index in [-0.39, 0.29) is 31.0 Å². The Kier molecular flexibility index (Phi) is 9.80. The number of hydrogen-bond donors (Lipinski definition) is 1. The van der Waals surface area contributed by atoms with Crippen LogP contribution in [-0.2, 0) is 22.6 Å². The average molecular weight is 527 g/mol. The molecule has 0 bridgehead atoms. The molecule has 0 fully saturated rings. The fourth-order valence-electron chi connectivity index (χ4n) is 3.87. The summed E-state index contributed by atoms with van der Waals surface area (Å²) in [6.45, 7) is 7.65. The van der Waals surface area contributed by atoms with Crippen LogP contribution < -0.4 is 10.1 Å². The summed E-state index contributed by atoms with van der Waals surface area (Å²) in [5.41, 5.74) is 3.67. The molecule has 36 heavy (non-hydrogen) atoms. The van der Waals surface area contributed by atoms with Crippen molar-refractivity contribution in [3.05, 3.63) is 99.0 Å². The lowest BCUT2D eigenvalue weighted by Crippen LogP contribution is -2.52. The molecule has 3 rings (SSSR count). The maximum Gasteiger partial charge on any atom is 0.261 e. The zero-order valence-corrected chi connectivity index (χ0v) is 22.6. The van der Waals surface area contributed by atoms with Crippen molar-refractivity contribution in [1.82, 2.24) is 10.2 Å². The molecule has 0 aliphatic rings. The van der Waals surface area contributed by atoms with Gasteiger partial charge in [0.25, 0.3) is 5.91 Å². The van der Waals surface area contributed by atoms with Gasteiger partial charge in [-0.1, -0.05) is 71.7 Å². The zero-order chi connectivity index (χ0) is 26.2. The van der Waals surface area contributed by atoms with E-state index in [4.69, 9.17) is 27.9 Å². The molecule has 7 heteroatoms. The second kappa shape index (κ2) is 12.8. The lowest BCUT2D eigenvalue weighted by molar-refractivity contribution is -0.143. The van der Waals surface area contributed by atoms with E-state index in [0.717, 1.165) is 16.7 Å². The van der Waals surface area contributed by atoms with E-state index in [9.17, 15) is 9.59 Å². The number of carbonyl (C=O) groups excluding carboxylic acids is 2. The van der Waals surface area contributed by atoms with Gasteiger partial charge in [-0.05, 0) is 68.1 Å². The number of benzene rings is 3. The molecule has 1 atom stereocenters. The van der Waals surface area contributed by atoms with Crippen LogP contribution in [0.4, 0.5) is 0 Å².